The monoisotopic (exact) mass is 394 g/mol. The van der Waals surface area contributed by atoms with Crippen LogP contribution in [0.5, 0.6) is 0 Å². The molecule has 7 heteroatoms. The van der Waals surface area contributed by atoms with E-state index in [0.717, 1.165) is 16.8 Å². The number of halogens is 2. The van der Waals surface area contributed by atoms with Crippen LogP contribution in [0.25, 0.3) is 0 Å². The number of nitrogens with zero attached hydrogens (tertiary/aromatic N) is 1. The van der Waals surface area contributed by atoms with Gasteiger partial charge in [0.2, 0.25) is 11.8 Å². The second-order valence-corrected chi connectivity index (χ2v) is 7.39. The van der Waals surface area contributed by atoms with Crippen LogP contribution >= 0.6 is 23.4 Å². The normalized spacial score (nSPS) is 10.5. The zero-order chi connectivity index (χ0) is 19.3. The summed E-state index contributed by atoms with van der Waals surface area (Å²) < 4.78 is 13.1. The van der Waals surface area contributed by atoms with Crippen molar-refractivity contribution < 1.29 is 14.0 Å². The molecule has 2 aromatic rings. The van der Waals surface area contributed by atoms with E-state index in [1.54, 1.807) is 13.1 Å². The minimum absolute atomic E-state index is 0.0174. The summed E-state index contributed by atoms with van der Waals surface area (Å²) in [6.07, 6.45) is 0. The lowest BCUT2D eigenvalue weighted by Crippen LogP contribution is -2.36. The van der Waals surface area contributed by atoms with E-state index in [0.29, 0.717) is 4.90 Å². The molecule has 2 aromatic carbocycles. The van der Waals surface area contributed by atoms with Gasteiger partial charge in [-0.15, -0.1) is 11.8 Å². The number of rotatable bonds is 6. The first-order chi connectivity index (χ1) is 12.3. The van der Waals surface area contributed by atoms with Crippen molar-refractivity contribution in [2.24, 2.45) is 0 Å². The summed E-state index contributed by atoms with van der Waals surface area (Å²) in [7, 11) is 1.57. The highest BCUT2D eigenvalue weighted by Gasteiger charge is 2.15. The quantitative estimate of drug-likeness (QED) is 0.744. The minimum Gasteiger partial charge on any atom is -0.336 e. The van der Waals surface area contributed by atoms with Gasteiger partial charge in [-0.05, 0) is 43.2 Å². The van der Waals surface area contributed by atoms with Crippen LogP contribution in [0.2, 0.25) is 5.02 Å². The largest absolute Gasteiger partial charge is 0.336 e. The molecule has 4 nitrogen and oxygen atoms in total. The van der Waals surface area contributed by atoms with E-state index in [-0.39, 0.29) is 29.1 Å². The number of carbonyl (C=O) groups is 2. The number of hydrogen-bond acceptors (Lipinski definition) is 3. The molecule has 2 rings (SSSR count). The van der Waals surface area contributed by atoms with E-state index in [2.05, 4.69) is 5.32 Å². The van der Waals surface area contributed by atoms with Crippen LogP contribution in [0, 0.1) is 19.7 Å². The van der Waals surface area contributed by atoms with Gasteiger partial charge in [0.1, 0.15) is 5.82 Å². The lowest BCUT2D eigenvalue weighted by molar-refractivity contribution is -0.131. The Morgan fingerprint density at radius 2 is 1.85 bits per heavy atom. The van der Waals surface area contributed by atoms with Crippen molar-refractivity contribution in [3.63, 3.8) is 0 Å². The molecule has 0 heterocycles. The Kier molecular flexibility index (Phi) is 7.06. The Bertz CT molecular complexity index is 809. The fourth-order valence-electron chi connectivity index (χ4n) is 2.32. The predicted molar refractivity (Wildman–Crippen MR) is 104 cm³/mol. The molecule has 0 radical (unpaired) electrons. The smallest absolute Gasteiger partial charge is 0.243 e. The van der Waals surface area contributed by atoms with Crippen molar-refractivity contribution >= 4 is 40.9 Å². The average molecular weight is 395 g/mol. The third-order valence-corrected chi connectivity index (χ3v) is 5.07. The molecule has 0 saturated carbocycles. The van der Waals surface area contributed by atoms with Crippen LogP contribution in [0.4, 0.5) is 10.1 Å². The van der Waals surface area contributed by atoms with Crippen LogP contribution in [-0.2, 0) is 9.59 Å². The molecule has 138 valence electrons. The maximum atomic E-state index is 13.1. The fraction of sp³-hybridized carbons (Fsp3) is 0.263. The number of carbonyl (C=O) groups excluding carboxylic acids is 2. The first kappa shape index (κ1) is 20.3. The molecule has 0 bridgehead atoms. The highest BCUT2D eigenvalue weighted by Crippen LogP contribution is 2.24. The number of para-hydroxylation sites is 1. The van der Waals surface area contributed by atoms with Crippen molar-refractivity contribution in [2.75, 3.05) is 24.7 Å². The molecule has 2 amide bonds. The number of nitrogens with one attached hydrogen (secondary N) is 1. The summed E-state index contributed by atoms with van der Waals surface area (Å²) in [6.45, 7) is 3.79. The Labute approximate surface area is 161 Å². The molecule has 0 aromatic heterocycles. The van der Waals surface area contributed by atoms with E-state index in [1.165, 1.54) is 28.8 Å². The van der Waals surface area contributed by atoms with Gasteiger partial charge in [-0.25, -0.2) is 4.39 Å². The van der Waals surface area contributed by atoms with Crippen molar-refractivity contribution in [1.29, 1.82) is 0 Å². The number of amides is 2. The maximum Gasteiger partial charge on any atom is 0.243 e. The van der Waals surface area contributed by atoms with Gasteiger partial charge in [0.25, 0.3) is 0 Å². The molecule has 0 atom stereocenters. The number of benzene rings is 2. The lowest BCUT2D eigenvalue weighted by atomic mass is 10.1. The number of anilines is 1. The topological polar surface area (TPSA) is 49.4 Å². The standard InChI is InChI=1S/C19H20ClFN2O2S/c1-12-5-4-6-13(2)19(12)22-17(24)10-23(3)18(25)11-26-14-7-8-16(21)15(20)9-14/h4-9H,10-11H2,1-3H3,(H,22,24). The highest BCUT2D eigenvalue weighted by molar-refractivity contribution is 8.00. The molecule has 0 fully saturated rings. The molecule has 0 spiro atoms. The summed E-state index contributed by atoms with van der Waals surface area (Å²) >= 11 is 6.97. The number of thioether (sulfide) groups is 1. The second kappa shape index (κ2) is 9.05. The minimum atomic E-state index is -0.498. The van der Waals surface area contributed by atoms with E-state index >= 15 is 0 Å². The molecule has 0 aliphatic heterocycles. The van der Waals surface area contributed by atoms with Gasteiger partial charge in [-0.1, -0.05) is 29.8 Å². The zero-order valence-corrected chi connectivity index (χ0v) is 16.4. The molecule has 0 saturated heterocycles. The first-order valence-electron chi connectivity index (χ1n) is 7.96. The molecular weight excluding hydrogens is 375 g/mol. The van der Waals surface area contributed by atoms with Crippen molar-refractivity contribution in [3.8, 4) is 0 Å². The lowest BCUT2D eigenvalue weighted by Gasteiger charge is -2.18. The Morgan fingerprint density at radius 1 is 1.19 bits per heavy atom. The Morgan fingerprint density at radius 3 is 2.46 bits per heavy atom. The molecule has 0 aliphatic carbocycles. The van der Waals surface area contributed by atoms with Gasteiger partial charge in [0.15, 0.2) is 0 Å². The van der Waals surface area contributed by atoms with E-state index in [1.807, 2.05) is 32.0 Å². The highest BCUT2D eigenvalue weighted by atomic mass is 35.5. The zero-order valence-electron chi connectivity index (χ0n) is 14.8. The number of aryl methyl sites for hydroxylation is 2. The maximum absolute atomic E-state index is 13.1. The Hall–Kier alpha value is -2.05. The van der Waals surface area contributed by atoms with E-state index in [4.69, 9.17) is 11.6 Å². The van der Waals surface area contributed by atoms with E-state index < -0.39 is 5.82 Å². The van der Waals surface area contributed by atoms with Crippen molar-refractivity contribution in [2.45, 2.75) is 18.7 Å². The number of likely N-dealkylation sites (N-methyl/N-ethyl adjacent to an activating group) is 1. The Balaban J connectivity index is 1.88. The first-order valence-corrected chi connectivity index (χ1v) is 9.32. The van der Waals surface area contributed by atoms with Gasteiger partial charge in [-0.3, -0.25) is 9.59 Å². The second-order valence-electron chi connectivity index (χ2n) is 5.93. The third-order valence-electron chi connectivity index (χ3n) is 3.81. The fourth-order valence-corrected chi connectivity index (χ4v) is 3.44. The summed E-state index contributed by atoms with van der Waals surface area (Å²) in [6, 6.07) is 10.1. The predicted octanol–water partition coefficient (Wildman–Crippen LogP) is 4.29. The summed E-state index contributed by atoms with van der Waals surface area (Å²) in [5.41, 5.74) is 2.71. The van der Waals surface area contributed by atoms with Gasteiger partial charge in [-0.2, -0.15) is 0 Å². The average Bonchev–Trinajstić information content (AvgIpc) is 2.59. The number of hydrogen-bond donors (Lipinski definition) is 1. The van der Waals surface area contributed by atoms with Crippen molar-refractivity contribution in [3.05, 3.63) is 58.4 Å². The summed E-state index contributed by atoms with van der Waals surface area (Å²) in [5, 5.41) is 2.87. The molecule has 26 heavy (non-hydrogen) atoms. The van der Waals surface area contributed by atoms with Crippen LogP contribution < -0.4 is 5.32 Å². The molecule has 0 unspecified atom stereocenters. The van der Waals surface area contributed by atoms with Gasteiger partial charge < -0.3 is 10.2 Å². The van der Waals surface area contributed by atoms with E-state index in [9.17, 15) is 14.0 Å². The summed E-state index contributed by atoms with van der Waals surface area (Å²) in [5.74, 6) is -0.822. The van der Waals surface area contributed by atoms with Gasteiger partial charge >= 0.3 is 0 Å². The van der Waals surface area contributed by atoms with Crippen LogP contribution in [-0.4, -0.2) is 36.1 Å². The third kappa shape index (κ3) is 5.47. The SMILES string of the molecule is Cc1cccc(C)c1NC(=O)CN(C)C(=O)CSc1ccc(F)c(Cl)c1. The molecular formula is C19H20ClFN2O2S. The molecule has 1 N–H and O–H groups in total. The van der Waals surface area contributed by atoms with Crippen LogP contribution in [0.15, 0.2) is 41.3 Å². The van der Waals surface area contributed by atoms with Gasteiger partial charge in [0.05, 0.1) is 17.3 Å². The summed E-state index contributed by atoms with van der Waals surface area (Å²) in [4.78, 5) is 26.5. The molecule has 0 aliphatic rings. The van der Waals surface area contributed by atoms with Crippen LogP contribution in [0.1, 0.15) is 11.1 Å². The van der Waals surface area contributed by atoms with Gasteiger partial charge in [0, 0.05) is 17.6 Å². The van der Waals surface area contributed by atoms with Crippen molar-refractivity contribution in [1.82, 2.24) is 4.90 Å². The van der Waals surface area contributed by atoms with Crippen LogP contribution in [0.3, 0.4) is 0 Å².